The van der Waals surface area contributed by atoms with Crippen molar-refractivity contribution in [3.63, 3.8) is 0 Å². The van der Waals surface area contributed by atoms with Crippen molar-refractivity contribution in [2.75, 3.05) is 31.7 Å². The molecule has 1 aliphatic rings. The van der Waals surface area contributed by atoms with Crippen LogP contribution in [0.15, 0.2) is 24.3 Å². The third-order valence-electron chi connectivity index (χ3n) is 3.40. The first-order chi connectivity index (χ1) is 8.33. The van der Waals surface area contributed by atoms with Crippen LogP contribution in [0.4, 0.5) is 5.69 Å². The fraction of sp³-hybridized carbons (Fsp3) is 0.571. The third kappa shape index (κ3) is 2.99. The Bertz CT molecular complexity index is 354. The second-order valence-corrected chi connectivity index (χ2v) is 4.64. The predicted octanol–water partition coefficient (Wildman–Crippen LogP) is 2.32. The summed E-state index contributed by atoms with van der Waals surface area (Å²) in [5, 5.41) is 0. The van der Waals surface area contributed by atoms with Gasteiger partial charge in [-0.25, -0.2) is 0 Å². The van der Waals surface area contributed by atoms with Crippen molar-refractivity contribution in [2.24, 2.45) is 5.73 Å². The molecule has 1 atom stereocenters. The zero-order valence-electron chi connectivity index (χ0n) is 10.6. The standard InChI is InChI=1S/C14H22N2O/c1-17-11-5-10-16-9-4-7-13(15)12-6-2-3-8-14(12)16/h2-3,6,8,13H,4-5,7,9-11,15H2,1H3. The van der Waals surface area contributed by atoms with Crippen LogP contribution in [0.1, 0.15) is 30.9 Å². The lowest BCUT2D eigenvalue weighted by atomic mass is 10.0. The molecule has 3 nitrogen and oxygen atoms in total. The van der Waals surface area contributed by atoms with Gasteiger partial charge in [0.2, 0.25) is 0 Å². The van der Waals surface area contributed by atoms with Crippen molar-refractivity contribution < 1.29 is 4.74 Å². The van der Waals surface area contributed by atoms with E-state index in [1.165, 1.54) is 17.7 Å². The average molecular weight is 234 g/mol. The lowest BCUT2D eigenvalue weighted by molar-refractivity contribution is 0.196. The van der Waals surface area contributed by atoms with Crippen molar-refractivity contribution in [1.29, 1.82) is 0 Å². The van der Waals surface area contributed by atoms with Gasteiger partial charge in [-0.3, -0.25) is 0 Å². The minimum atomic E-state index is 0.193. The zero-order chi connectivity index (χ0) is 12.1. The molecule has 0 aromatic heterocycles. The summed E-state index contributed by atoms with van der Waals surface area (Å²) in [5.74, 6) is 0. The van der Waals surface area contributed by atoms with Crippen LogP contribution in [0.2, 0.25) is 0 Å². The highest BCUT2D eigenvalue weighted by Gasteiger charge is 2.19. The summed E-state index contributed by atoms with van der Waals surface area (Å²) in [6.07, 6.45) is 3.32. The molecule has 2 rings (SSSR count). The van der Waals surface area contributed by atoms with Crippen LogP contribution in [-0.2, 0) is 4.74 Å². The van der Waals surface area contributed by atoms with Crippen LogP contribution in [-0.4, -0.2) is 26.8 Å². The van der Waals surface area contributed by atoms with Gasteiger partial charge in [-0.05, 0) is 30.9 Å². The fourth-order valence-corrected chi connectivity index (χ4v) is 2.50. The Hall–Kier alpha value is -1.06. The van der Waals surface area contributed by atoms with Crippen LogP contribution in [0.3, 0.4) is 0 Å². The molecular formula is C14H22N2O. The third-order valence-corrected chi connectivity index (χ3v) is 3.40. The second-order valence-electron chi connectivity index (χ2n) is 4.64. The highest BCUT2D eigenvalue weighted by Crippen LogP contribution is 2.31. The molecule has 0 saturated carbocycles. The summed E-state index contributed by atoms with van der Waals surface area (Å²) in [5.41, 5.74) is 8.82. The number of methoxy groups -OCH3 is 1. The zero-order valence-corrected chi connectivity index (χ0v) is 10.6. The molecule has 0 aliphatic carbocycles. The fourth-order valence-electron chi connectivity index (χ4n) is 2.50. The van der Waals surface area contributed by atoms with Crippen LogP contribution in [0.25, 0.3) is 0 Å². The van der Waals surface area contributed by atoms with Gasteiger partial charge in [0, 0.05) is 38.5 Å². The van der Waals surface area contributed by atoms with Gasteiger partial charge in [0.25, 0.3) is 0 Å². The SMILES string of the molecule is COCCCN1CCCC(N)c2ccccc21. The smallest absolute Gasteiger partial charge is 0.0479 e. The number of nitrogens with two attached hydrogens (primary N) is 1. The topological polar surface area (TPSA) is 38.5 Å². The minimum Gasteiger partial charge on any atom is -0.385 e. The summed E-state index contributed by atoms with van der Waals surface area (Å²) < 4.78 is 5.12. The monoisotopic (exact) mass is 234 g/mol. The van der Waals surface area contributed by atoms with Gasteiger partial charge in [-0.2, -0.15) is 0 Å². The summed E-state index contributed by atoms with van der Waals surface area (Å²) in [4.78, 5) is 2.45. The van der Waals surface area contributed by atoms with Gasteiger partial charge >= 0.3 is 0 Å². The lowest BCUT2D eigenvalue weighted by Crippen LogP contribution is -2.26. The molecule has 3 heteroatoms. The van der Waals surface area contributed by atoms with E-state index in [1.807, 2.05) is 0 Å². The maximum atomic E-state index is 6.21. The Morgan fingerprint density at radius 1 is 1.41 bits per heavy atom. The molecule has 94 valence electrons. The highest BCUT2D eigenvalue weighted by molar-refractivity contribution is 5.55. The molecule has 0 radical (unpaired) electrons. The van der Waals surface area contributed by atoms with E-state index < -0.39 is 0 Å². The molecule has 2 N–H and O–H groups in total. The van der Waals surface area contributed by atoms with Crippen molar-refractivity contribution in [3.8, 4) is 0 Å². The molecule has 0 fully saturated rings. The first kappa shape index (κ1) is 12.4. The maximum absolute atomic E-state index is 6.21. The lowest BCUT2D eigenvalue weighted by Gasteiger charge is -2.25. The highest BCUT2D eigenvalue weighted by atomic mass is 16.5. The van der Waals surface area contributed by atoms with Gasteiger partial charge in [-0.15, -0.1) is 0 Å². The van der Waals surface area contributed by atoms with E-state index in [2.05, 4.69) is 29.2 Å². The number of nitrogens with zero attached hydrogens (tertiary/aromatic N) is 1. The van der Waals surface area contributed by atoms with Crippen molar-refractivity contribution in [3.05, 3.63) is 29.8 Å². The summed E-state index contributed by atoms with van der Waals surface area (Å²) >= 11 is 0. The number of ether oxygens (including phenoxy) is 1. The molecule has 1 heterocycles. The molecule has 1 unspecified atom stereocenters. The van der Waals surface area contributed by atoms with Gasteiger partial charge in [0.15, 0.2) is 0 Å². The number of fused-ring (bicyclic) bond motifs is 1. The molecule has 1 aliphatic heterocycles. The van der Waals surface area contributed by atoms with Crippen LogP contribution < -0.4 is 10.6 Å². The van der Waals surface area contributed by atoms with Gasteiger partial charge in [0.1, 0.15) is 0 Å². The number of benzene rings is 1. The first-order valence-corrected chi connectivity index (χ1v) is 6.41. The number of anilines is 1. The molecule has 0 amide bonds. The number of hydrogen-bond acceptors (Lipinski definition) is 3. The predicted molar refractivity (Wildman–Crippen MR) is 71.3 cm³/mol. The maximum Gasteiger partial charge on any atom is 0.0479 e. The summed E-state index contributed by atoms with van der Waals surface area (Å²) in [6, 6.07) is 8.72. The average Bonchev–Trinajstić information content (AvgIpc) is 2.51. The van der Waals surface area contributed by atoms with E-state index in [1.54, 1.807) is 7.11 Å². The van der Waals surface area contributed by atoms with Crippen molar-refractivity contribution in [2.45, 2.75) is 25.3 Å². The Balaban J connectivity index is 2.14. The Labute approximate surface area is 104 Å². The molecule has 17 heavy (non-hydrogen) atoms. The summed E-state index contributed by atoms with van der Waals surface area (Å²) in [6.45, 7) is 2.98. The van der Waals surface area contributed by atoms with E-state index in [0.29, 0.717) is 0 Å². The molecular weight excluding hydrogens is 212 g/mol. The largest absolute Gasteiger partial charge is 0.385 e. The van der Waals surface area contributed by atoms with E-state index >= 15 is 0 Å². The molecule has 0 bridgehead atoms. The van der Waals surface area contributed by atoms with Crippen LogP contribution in [0.5, 0.6) is 0 Å². The van der Waals surface area contributed by atoms with Crippen LogP contribution in [0, 0.1) is 0 Å². The van der Waals surface area contributed by atoms with Crippen LogP contribution >= 0.6 is 0 Å². The van der Waals surface area contributed by atoms with E-state index in [4.69, 9.17) is 10.5 Å². The molecule has 1 aromatic carbocycles. The minimum absolute atomic E-state index is 0.193. The molecule has 0 saturated heterocycles. The van der Waals surface area contributed by atoms with Crippen molar-refractivity contribution in [1.82, 2.24) is 0 Å². The first-order valence-electron chi connectivity index (χ1n) is 6.41. The second kappa shape index (κ2) is 6.03. The number of rotatable bonds is 4. The van der Waals surface area contributed by atoms with E-state index in [0.717, 1.165) is 32.5 Å². The quantitative estimate of drug-likeness (QED) is 0.813. The normalized spacial score (nSPS) is 19.9. The Morgan fingerprint density at radius 2 is 2.24 bits per heavy atom. The Kier molecular flexibility index (Phi) is 4.40. The van der Waals surface area contributed by atoms with E-state index in [9.17, 15) is 0 Å². The number of hydrogen-bond donors (Lipinski definition) is 1. The van der Waals surface area contributed by atoms with E-state index in [-0.39, 0.29) is 6.04 Å². The van der Waals surface area contributed by atoms with Crippen molar-refractivity contribution >= 4 is 5.69 Å². The van der Waals surface area contributed by atoms with Gasteiger partial charge < -0.3 is 15.4 Å². The summed E-state index contributed by atoms with van der Waals surface area (Å²) in [7, 11) is 1.76. The number of para-hydroxylation sites is 1. The van der Waals surface area contributed by atoms with Gasteiger partial charge in [-0.1, -0.05) is 18.2 Å². The molecule has 0 spiro atoms. The molecule has 1 aromatic rings. The Morgan fingerprint density at radius 3 is 3.06 bits per heavy atom. The van der Waals surface area contributed by atoms with Gasteiger partial charge in [0.05, 0.1) is 0 Å².